The van der Waals surface area contributed by atoms with Crippen molar-refractivity contribution in [3.8, 4) is 0 Å². The van der Waals surface area contributed by atoms with E-state index in [-0.39, 0.29) is 11.5 Å². The third-order valence-corrected chi connectivity index (χ3v) is 4.14. The molecule has 0 heterocycles. The third kappa shape index (κ3) is 4.26. The number of hydrogen-bond acceptors (Lipinski definition) is 3. The van der Waals surface area contributed by atoms with E-state index in [1.54, 1.807) is 0 Å². The van der Waals surface area contributed by atoms with Crippen LogP contribution in [0, 0.1) is 0 Å². The Morgan fingerprint density at radius 2 is 1.80 bits per heavy atom. The van der Waals surface area contributed by atoms with Crippen LogP contribution < -0.4 is 5.32 Å². The average molecular weight is 305 g/mol. The Labute approximate surface area is 117 Å². The average Bonchev–Trinajstić information content (AvgIpc) is 2.43. The van der Waals surface area contributed by atoms with Crippen LogP contribution >= 0.6 is 0 Å². The Balaban J connectivity index is 2.69. The van der Waals surface area contributed by atoms with Gasteiger partial charge in [-0.05, 0) is 30.7 Å². The Morgan fingerprint density at radius 1 is 1.20 bits per heavy atom. The summed E-state index contributed by atoms with van der Waals surface area (Å²) in [5.74, 6) is -3.81. The summed E-state index contributed by atoms with van der Waals surface area (Å²) in [6.07, 6.45) is 2.90. The van der Waals surface area contributed by atoms with Gasteiger partial charge in [-0.2, -0.15) is 8.78 Å². The maximum atomic E-state index is 12.3. The van der Waals surface area contributed by atoms with Crippen LogP contribution in [0.2, 0.25) is 0 Å². The fraction of sp³-hybridized carbons (Fsp3) is 0.462. The molecule has 0 aromatic heterocycles. The molecule has 1 aromatic carbocycles. The van der Waals surface area contributed by atoms with E-state index in [0.29, 0.717) is 6.54 Å². The molecular formula is C13H17F2NO3S. The zero-order chi connectivity index (χ0) is 15.2. The first-order chi connectivity index (χ1) is 9.39. The lowest BCUT2D eigenvalue weighted by Gasteiger charge is -2.06. The highest BCUT2D eigenvalue weighted by atomic mass is 32.2. The first-order valence-corrected chi connectivity index (χ1v) is 7.84. The Hall–Kier alpha value is -1.50. The zero-order valence-corrected chi connectivity index (χ0v) is 11.9. The SMILES string of the molecule is CCCCCNC(=O)c1ccc(S(=O)(=O)C(F)F)cc1. The second-order valence-electron chi connectivity index (χ2n) is 4.29. The van der Waals surface area contributed by atoms with E-state index in [9.17, 15) is 22.0 Å². The van der Waals surface area contributed by atoms with Crippen molar-refractivity contribution in [1.29, 1.82) is 0 Å². The molecule has 1 N–H and O–H groups in total. The van der Waals surface area contributed by atoms with Gasteiger partial charge in [0.25, 0.3) is 5.91 Å². The number of amides is 1. The Morgan fingerprint density at radius 3 is 2.30 bits per heavy atom. The molecule has 0 aliphatic heterocycles. The number of alkyl halides is 2. The van der Waals surface area contributed by atoms with E-state index >= 15 is 0 Å². The summed E-state index contributed by atoms with van der Waals surface area (Å²) < 4.78 is 47.1. The third-order valence-electron chi connectivity index (χ3n) is 2.75. The van der Waals surface area contributed by atoms with Crippen molar-refractivity contribution in [2.24, 2.45) is 0 Å². The number of rotatable bonds is 7. The maximum absolute atomic E-state index is 12.3. The molecule has 4 nitrogen and oxygen atoms in total. The molecule has 7 heteroatoms. The lowest BCUT2D eigenvalue weighted by atomic mass is 10.2. The minimum absolute atomic E-state index is 0.245. The normalized spacial score (nSPS) is 11.6. The lowest BCUT2D eigenvalue weighted by molar-refractivity contribution is 0.0953. The van der Waals surface area contributed by atoms with Gasteiger partial charge in [0.2, 0.25) is 9.84 Å². The van der Waals surface area contributed by atoms with Crippen LogP contribution in [0.15, 0.2) is 29.2 Å². The van der Waals surface area contributed by atoms with Crippen molar-refractivity contribution in [2.45, 2.75) is 36.8 Å². The summed E-state index contributed by atoms with van der Waals surface area (Å²) in [6.45, 7) is 2.58. The second-order valence-corrected chi connectivity index (χ2v) is 6.21. The van der Waals surface area contributed by atoms with Gasteiger partial charge in [-0.25, -0.2) is 8.42 Å². The highest BCUT2D eigenvalue weighted by Gasteiger charge is 2.26. The van der Waals surface area contributed by atoms with Crippen molar-refractivity contribution in [3.05, 3.63) is 29.8 Å². The van der Waals surface area contributed by atoms with Crippen molar-refractivity contribution in [2.75, 3.05) is 6.54 Å². The minimum Gasteiger partial charge on any atom is -0.352 e. The molecule has 0 atom stereocenters. The van der Waals surface area contributed by atoms with Crippen LogP contribution in [-0.2, 0) is 9.84 Å². The summed E-state index contributed by atoms with van der Waals surface area (Å²) in [4.78, 5) is 11.2. The van der Waals surface area contributed by atoms with Gasteiger partial charge in [0.1, 0.15) is 0 Å². The number of unbranched alkanes of at least 4 members (excludes halogenated alkanes) is 2. The topological polar surface area (TPSA) is 63.2 Å². The van der Waals surface area contributed by atoms with Crippen molar-refractivity contribution < 1.29 is 22.0 Å². The molecule has 0 bridgehead atoms. The highest BCUT2D eigenvalue weighted by Crippen LogP contribution is 2.18. The number of carbonyl (C=O) groups excluding carboxylic acids is 1. The molecule has 0 aliphatic carbocycles. The number of sulfone groups is 1. The summed E-state index contributed by atoms with van der Waals surface area (Å²) in [5.41, 5.74) is 0.245. The van der Waals surface area contributed by atoms with Crippen molar-refractivity contribution >= 4 is 15.7 Å². The van der Waals surface area contributed by atoms with E-state index in [1.807, 2.05) is 6.92 Å². The molecule has 112 valence electrons. The van der Waals surface area contributed by atoms with E-state index < -0.39 is 20.5 Å². The molecular weight excluding hydrogens is 288 g/mol. The second kappa shape index (κ2) is 7.33. The van der Waals surface area contributed by atoms with Crippen LogP contribution in [0.5, 0.6) is 0 Å². The van der Waals surface area contributed by atoms with E-state index in [1.165, 1.54) is 12.1 Å². The largest absolute Gasteiger partial charge is 0.352 e. The summed E-state index contributed by atoms with van der Waals surface area (Å²) in [5, 5.41) is 2.68. The number of nitrogens with one attached hydrogen (secondary N) is 1. The summed E-state index contributed by atoms with van der Waals surface area (Å²) >= 11 is 0. The standard InChI is InChI=1S/C13H17F2NO3S/c1-2-3-4-9-16-12(17)10-5-7-11(8-6-10)20(18,19)13(14)15/h5-8,13H,2-4,9H2,1H3,(H,16,17). The van der Waals surface area contributed by atoms with Gasteiger partial charge in [-0.15, -0.1) is 0 Å². The van der Waals surface area contributed by atoms with Gasteiger partial charge >= 0.3 is 5.76 Å². The van der Waals surface area contributed by atoms with Gasteiger partial charge in [-0.3, -0.25) is 4.79 Å². The van der Waals surface area contributed by atoms with E-state index in [4.69, 9.17) is 0 Å². The van der Waals surface area contributed by atoms with Crippen molar-refractivity contribution in [1.82, 2.24) is 5.32 Å². The van der Waals surface area contributed by atoms with Gasteiger partial charge in [-0.1, -0.05) is 19.8 Å². The first-order valence-electron chi connectivity index (χ1n) is 6.30. The predicted octanol–water partition coefficient (Wildman–Crippen LogP) is 2.60. The molecule has 0 saturated heterocycles. The number of halogens is 2. The number of hydrogen-bond donors (Lipinski definition) is 1. The predicted molar refractivity (Wildman–Crippen MR) is 71.5 cm³/mol. The van der Waals surface area contributed by atoms with Crippen LogP contribution in [0.3, 0.4) is 0 Å². The Bertz CT molecular complexity index is 541. The molecule has 1 aromatic rings. The molecule has 0 aliphatic rings. The van der Waals surface area contributed by atoms with Crippen LogP contribution in [0.4, 0.5) is 8.78 Å². The maximum Gasteiger partial charge on any atom is 0.341 e. The van der Waals surface area contributed by atoms with Crippen LogP contribution in [-0.4, -0.2) is 26.6 Å². The number of carbonyl (C=O) groups is 1. The fourth-order valence-electron chi connectivity index (χ4n) is 1.58. The molecule has 1 rings (SSSR count). The summed E-state index contributed by atoms with van der Waals surface area (Å²) in [7, 11) is -4.61. The molecule has 20 heavy (non-hydrogen) atoms. The zero-order valence-electron chi connectivity index (χ0n) is 11.1. The molecule has 0 radical (unpaired) electrons. The molecule has 0 saturated carbocycles. The quantitative estimate of drug-likeness (QED) is 0.788. The molecule has 0 unspecified atom stereocenters. The van der Waals surface area contributed by atoms with Gasteiger partial charge in [0, 0.05) is 12.1 Å². The number of benzene rings is 1. The molecule has 0 fully saturated rings. The van der Waals surface area contributed by atoms with E-state index in [0.717, 1.165) is 31.4 Å². The smallest absolute Gasteiger partial charge is 0.341 e. The minimum atomic E-state index is -4.61. The first kappa shape index (κ1) is 16.6. The van der Waals surface area contributed by atoms with Gasteiger partial charge in [0.15, 0.2) is 0 Å². The van der Waals surface area contributed by atoms with Crippen LogP contribution in [0.1, 0.15) is 36.5 Å². The fourth-order valence-corrected chi connectivity index (χ4v) is 2.30. The summed E-state index contributed by atoms with van der Waals surface area (Å²) in [6, 6.07) is 4.49. The lowest BCUT2D eigenvalue weighted by Crippen LogP contribution is -2.24. The van der Waals surface area contributed by atoms with Gasteiger partial charge < -0.3 is 5.32 Å². The van der Waals surface area contributed by atoms with Crippen molar-refractivity contribution in [3.63, 3.8) is 0 Å². The molecule has 0 spiro atoms. The van der Waals surface area contributed by atoms with Crippen LogP contribution in [0.25, 0.3) is 0 Å². The monoisotopic (exact) mass is 305 g/mol. The van der Waals surface area contributed by atoms with Gasteiger partial charge in [0.05, 0.1) is 4.90 Å². The molecule has 1 amide bonds. The highest BCUT2D eigenvalue weighted by molar-refractivity contribution is 7.91. The Kier molecular flexibility index (Phi) is 6.06. The van der Waals surface area contributed by atoms with E-state index in [2.05, 4.69) is 5.32 Å².